The topological polar surface area (TPSA) is 38.0 Å². The molecule has 0 radical (unpaired) electrons. The van der Waals surface area contributed by atoms with Crippen molar-refractivity contribution in [2.24, 2.45) is 7.05 Å². The molecule has 1 aromatic heterocycles. The van der Waals surface area contributed by atoms with Gasteiger partial charge in [-0.3, -0.25) is 4.68 Å². The van der Waals surface area contributed by atoms with Gasteiger partial charge in [0.15, 0.2) is 0 Å². The summed E-state index contributed by atoms with van der Waals surface area (Å²) in [6.07, 6.45) is 0.249. The third kappa shape index (κ3) is 3.14. The molecule has 1 atom stereocenters. The van der Waals surface area contributed by atoms with E-state index < -0.39 is 11.9 Å². The largest absolute Gasteiger partial charge is 0.388 e. The average molecular weight is 283 g/mol. The van der Waals surface area contributed by atoms with Crippen LogP contribution in [-0.4, -0.2) is 14.9 Å². The Balaban J connectivity index is 2.20. The van der Waals surface area contributed by atoms with Crippen molar-refractivity contribution in [3.8, 4) is 0 Å². The molecule has 3 nitrogen and oxygen atoms in total. The molecule has 0 spiro atoms. The second kappa shape index (κ2) is 5.72. The molecular weight excluding hydrogens is 267 g/mol. The van der Waals surface area contributed by atoms with Crippen LogP contribution in [0.15, 0.2) is 24.3 Å². The van der Waals surface area contributed by atoms with E-state index in [0.29, 0.717) is 11.4 Å². The maximum atomic E-state index is 13.7. The first-order valence-corrected chi connectivity index (χ1v) is 6.54. The van der Waals surface area contributed by atoms with E-state index in [4.69, 9.17) is 11.6 Å². The molecule has 5 heteroatoms. The molecule has 0 aliphatic heterocycles. The molecule has 0 aliphatic carbocycles. The Morgan fingerprint density at radius 1 is 1.42 bits per heavy atom. The number of nitrogens with zero attached hydrogens (tertiary/aromatic N) is 2. The van der Waals surface area contributed by atoms with Gasteiger partial charge in [-0.15, -0.1) is 0 Å². The predicted octanol–water partition coefficient (Wildman–Crippen LogP) is 3.05. The number of hydrogen-bond donors (Lipinski definition) is 1. The van der Waals surface area contributed by atoms with Gasteiger partial charge in [0.25, 0.3) is 0 Å². The Bertz CT molecular complexity index is 583. The molecule has 0 bridgehead atoms. The summed E-state index contributed by atoms with van der Waals surface area (Å²) in [7, 11) is 1.82. The molecule has 1 aromatic carbocycles. The van der Waals surface area contributed by atoms with E-state index in [2.05, 4.69) is 5.10 Å². The van der Waals surface area contributed by atoms with Gasteiger partial charge in [0.2, 0.25) is 0 Å². The van der Waals surface area contributed by atoms with Crippen LogP contribution in [0.25, 0.3) is 0 Å². The quantitative estimate of drug-likeness (QED) is 0.936. The van der Waals surface area contributed by atoms with E-state index in [0.717, 1.165) is 17.8 Å². The standard InChI is InChI=1S/C14H16ClFN2O/c1-3-10-7-11(18(2)17-10)8-14(19)12-5-4-9(15)6-13(12)16/h4-7,14,19H,3,8H2,1-2H3. The zero-order valence-electron chi connectivity index (χ0n) is 10.9. The Kier molecular flexibility index (Phi) is 4.22. The fourth-order valence-corrected chi connectivity index (χ4v) is 2.17. The molecule has 2 rings (SSSR count). The van der Waals surface area contributed by atoms with E-state index in [1.165, 1.54) is 12.1 Å². The van der Waals surface area contributed by atoms with Crippen LogP contribution in [0.4, 0.5) is 4.39 Å². The molecule has 1 heterocycles. The highest BCUT2D eigenvalue weighted by Gasteiger charge is 2.16. The van der Waals surface area contributed by atoms with Crippen molar-refractivity contribution < 1.29 is 9.50 Å². The lowest BCUT2D eigenvalue weighted by molar-refractivity contribution is 0.171. The number of aromatic nitrogens is 2. The molecule has 2 aromatic rings. The maximum absolute atomic E-state index is 13.7. The van der Waals surface area contributed by atoms with Crippen molar-refractivity contribution in [2.45, 2.75) is 25.9 Å². The molecule has 1 unspecified atom stereocenters. The number of rotatable bonds is 4. The summed E-state index contributed by atoms with van der Waals surface area (Å²) in [5, 5.41) is 14.8. The van der Waals surface area contributed by atoms with E-state index in [1.54, 1.807) is 10.7 Å². The smallest absolute Gasteiger partial charge is 0.130 e. The number of benzene rings is 1. The Labute approximate surface area is 116 Å². The highest BCUT2D eigenvalue weighted by atomic mass is 35.5. The molecule has 1 N–H and O–H groups in total. The minimum atomic E-state index is -0.905. The highest BCUT2D eigenvalue weighted by Crippen LogP contribution is 2.23. The molecule has 102 valence electrons. The van der Waals surface area contributed by atoms with E-state index >= 15 is 0 Å². The molecule has 0 aliphatic rings. The van der Waals surface area contributed by atoms with Crippen LogP contribution in [0.1, 0.15) is 30.0 Å². The summed E-state index contributed by atoms with van der Waals surface area (Å²) >= 11 is 5.69. The van der Waals surface area contributed by atoms with Crippen LogP contribution in [-0.2, 0) is 19.9 Å². The number of hydrogen-bond acceptors (Lipinski definition) is 2. The van der Waals surface area contributed by atoms with Crippen LogP contribution in [0, 0.1) is 5.82 Å². The monoisotopic (exact) mass is 282 g/mol. The van der Waals surface area contributed by atoms with Crippen molar-refractivity contribution in [2.75, 3.05) is 0 Å². The Hall–Kier alpha value is -1.39. The highest BCUT2D eigenvalue weighted by molar-refractivity contribution is 6.30. The minimum Gasteiger partial charge on any atom is -0.388 e. The van der Waals surface area contributed by atoms with E-state index in [9.17, 15) is 9.50 Å². The summed E-state index contributed by atoms with van der Waals surface area (Å²) in [5.41, 5.74) is 2.09. The predicted molar refractivity (Wildman–Crippen MR) is 72.7 cm³/mol. The van der Waals surface area contributed by atoms with Crippen molar-refractivity contribution in [1.29, 1.82) is 0 Å². The number of aliphatic hydroxyl groups excluding tert-OH is 1. The van der Waals surface area contributed by atoms with Gasteiger partial charge in [-0.25, -0.2) is 4.39 Å². The first kappa shape index (κ1) is 14.0. The lowest BCUT2D eigenvalue weighted by Crippen LogP contribution is -2.08. The molecule has 0 amide bonds. The van der Waals surface area contributed by atoms with Crippen molar-refractivity contribution in [3.05, 3.63) is 52.1 Å². The van der Waals surface area contributed by atoms with Crippen molar-refractivity contribution in [3.63, 3.8) is 0 Å². The summed E-state index contributed by atoms with van der Waals surface area (Å²) in [6.45, 7) is 2.02. The minimum absolute atomic E-state index is 0.253. The number of halogens is 2. The van der Waals surface area contributed by atoms with Gasteiger partial charge in [-0.05, 0) is 24.6 Å². The molecule has 19 heavy (non-hydrogen) atoms. The first-order valence-electron chi connectivity index (χ1n) is 6.16. The Morgan fingerprint density at radius 2 is 2.16 bits per heavy atom. The van der Waals surface area contributed by atoms with Gasteiger partial charge in [-0.1, -0.05) is 24.6 Å². The van der Waals surface area contributed by atoms with E-state index in [1.807, 2.05) is 20.0 Å². The fourth-order valence-electron chi connectivity index (χ4n) is 2.02. The second-order valence-corrected chi connectivity index (χ2v) is 4.93. The first-order chi connectivity index (χ1) is 9.01. The van der Waals surface area contributed by atoms with Gasteiger partial charge < -0.3 is 5.11 Å². The zero-order valence-corrected chi connectivity index (χ0v) is 11.7. The van der Waals surface area contributed by atoms with Gasteiger partial charge in [0.05, 0.1) is 11.8 Å². The lowest BCUT2D eigenvalue weighted by Gasteiger charge is -2.12. The Morgan fingerprint density at radius 3 is 2.74 bits per heavy atom. The maximum Gasteiger partial charge on any atom is 0.130 e. The van der Waals surface area contributed by atoms with Crippen LogP contribution in [0.3, 0.4) is 0 Å². The summed E-state index contributed by atoms with van der Waals surface area (Å²) in [6, 6.07) is 6.22. The lowest BCUT2D eigenvalue weighted by atomic mass is 10.0. The van der Waals surface area contributed by atoms with Gasteiger partial charge >= 0.3 is 0 Å². The van der Waals surface area contributed by atoms with Crippen molar-refractivity contribution >= 4 is 11.6 Å². The van der Waals surface area contributed by atoms with Crippen LogP contribution >= 0.6 is 11.6 Å². The summed E-state index contributed by atoms with van der Waals surface area (Å²) in [5.74, 6) is -0.488. The third-order valence-corrected chi connectivity index (χ3v) is 3.35. The van der Waals surface area contributed by atoms with Gasteiger partial charge in [0, 0.05) is 29.7 Å². The normalized spacial score (nSPS) is 12.7. The van der Waals surface area contributed by atoms with Gasteiger partial charge in [-0.2, -0.15) is 5.10 Å². The van der Waals surface area contributed by atoms with Crippen molar-refractivity contribution in [1.82, 2.24) is 9.78 Å². The molecule has 0 fully saturated rings. The molecule has 0 saturated heterocycles. The number of aliphatic hydroxyl groups is 1. The summed E-state index contributed by atoms with van der Waals surface area (Å²) in [4.78, 5) is 0. The van der Waals surface area contributed by atoms with Crippen LogP contribution in [0.2, 0.25) is 5.02 Å². The molecular formula is C14H16ClFN2O. The number of aryl methyl sites for hydroxylation is 2. The van der Waals surface area contributed by atoms with Crippen LogP contribution < -0.4 is 0 Å². The molecule has 0 saturated carbocycles. The third-order valence-electron chi connectivity index (χ3n) is 3.11. The fraction of sp³-hybridized carbons (Fsp3) is 0.357. The SMILES string of the molecule is CCc1cc(CC(O)c2ccc(Cl)cc2F)n(C)n1. The zero-order chi connectivity index (χ0) is 14.0. The van der Waals surface area contributed by atoms with E-state index in [-0.39, 0.29) is 5.56 Å². The van der Waals surface area contributed by atoms with Gasteiger partial charge in [0.1, 0.15) is 5.82 Å². The summed E-state index contributed by atoms with van der Waals surface area (Å²) < 4.78 is 15.4. The second-order valence-electron chi connectivity index (χ2n) is 4.49. The average Bonchev–Trinajstić information content (AvgIpc) is 2.70. The van der Waals surface area contributed by atoms with Crippen LogP contribution in [0.5, 0.6) is 0 Å².